The van der Waals surface area contributed by atoms with Crippen LogP contribution in [-0.2, 0) is 6.54 Å². The van der Waals surface area contributed by atoms with Crippen LogP contribution in [0.4, 0.5) is 0 Å². The zero-order chi connectivity index (χ0) is 14.2. The second-order valence-electron chi connectivity index (χ2n) is 6.29. The number of nitrogens with one attached hydrogen (secondary N) is 1. The standard InChI is InChI=1S/C16H23N5/c1-13-3-2-6-21-10-14(18-16(13)21)9-19-11-15(12-19)20-7-4-17-5-8-20/h2-3,6,10,15,17H,4-5,7-9,11-12H2,1H3. The van der Waals surface area contributed by atoms with Crippen molar-refractivity contribution in [2.45, 2.75) is 19.5 Å². The maximum Gasteiger partial charge on any atom is 0.139 e. The fourth-order valence-corrected chi connectivity index (χ4v) is 3.46. The third kappa shape index (κ3) is 2.57. The van der Waals surface area contributed by atoms with Crippen molar-refractivity contribution in [1.82, 2.24) is 24.5 Å². The van der Waals surface area contributed by atoms with Gasteiger partial charge in [-0.2, -0.15) is 0 Å². The average molecular weight is 285 g/mol. The lowest BCUT2D eigenvalue weighted by atomic mass is 10.1. The molecule has 0 bridgehead atoms. The Hall–Kier alpha value is -1.43. The molecule has 5 nitrogen and oxygen atoms in total. The number of hydrogen-bond donors (Lipinski definition) is 1. The monoisotopic (exact) mass is 285 g/mol. The molecule has 0 radical (unpaired) electrons. The molecule has 0 unspecified atom stereocenters. The molecule has 0 spiro atoms. The SMILES string of the molecule is Cc1cccn2cc(CN3CC(N4CCNCC4)C3)nc12. The molecule has 21 heavy (non-hydrogen) atoms. The van der Waals surface area contributed by atoms with E-state index in [-0.39, 0.29) is 0 Å². The van der Waals surface area contributed by atoms with Gasteiger partial charge >= 0.3 is 0 Å². The lowest BCUT2D eigenvalue weighted by Gasteiger charge is -2.46. The number of piperazine rings is 1. The highest BCUT2D eigenvalue weighted by Crippen LogP contribution is 2.19. The molecule has 0 aliphatic carbocycles. The van der Waals surface area contributed by atoms with Gasteiger partial charge in [-0.15, -0.1) is 0 Å². The molecule has 0 saturated carbocycles. The Morgan fingerprint density at radius 3 is 2.86 bits per heavy atom. The Balaban J connectivity index is 1.37. The van der Waals surface area contributed by atoms with Gasteiger partial charge in [-0.05, 0) is 18.6 Å². The highest BCUT2D eigenvalue weighted by molar-refractivity contribution is 5.47. The molecule has 0 amide bonds. The molecule has 4 rings (SSSR count). The van der Waals surface area contributed by atoms with Crippen molar-refractivity contribution in [3.63, 3.8) is 0 Å². The molecule has 4 heterocycles. The zero-order valence-corrected chi connectivity index (χ0v) is 12.6. The number of aromatic nitrogens is 2. The molecule has 5 heteroatoms. The zero-order valence-electron chi connectivity index (χ0n) is 12.6. The number of rotatable bonds is 3. The summed E-state index contributed by atoms with van der Waals surface area (Å²) in [5, 5.41) is 3.42. The van der Waals surface area contributed by atoms with E-state index in [2.05, 4.69) is 51.0 Å². The van der Waals surface area contributed by atoms with Crippen molar-refractivity contribution in [3.8, 4) is 0 Å². The van der Waals surface area contributed by atoms with Gasteiger partial charge in [-0.25, -0.2) is 4.98 Å². The topological polar surface area (TPSA) is 35.8 Å². The van der Waals surface area contributed by atoms with Crippen LogP contribution >= 0.6 is 0 Å². The number of imidazole rings is 1. The molecule has 0 aromatic carbocycles. The Morgan fingerprint density at radius 1 is 1.29 bits per heavy atom. The van der Waals surface area contributed by atoms with Gasteiger partial charge in [0.15, 0.2) is 0 Å². The van der Waals surface area contributed by atoms with Crippen LogP contribution in [-0.4, -0.2) is 64.5 Å². The smallest absolute Gasteiger partial charge is 0.139 e. The number of pyridine rings is 1. The first-order chi connectivity index (χ1) is 10.3. The fraction of sp³-hybridized carbons (Fsp3) is 0.562. The van der Waals surface area contributed by atoms with E-state index in [0.717, 1.165) is 31.3 Å². The van der Waals surface area contributed by atoms with Crippen LogP contribution in [0.1, 0.15) is 11.3 Å². The highest BCUT2D eigenvalue weighted by atomic mass is 15.3. The van der Waals surface area contributed by atoms with E-state index in [1.54, 1.807) is 0 Å². The van der Waals surface area contributed by atoms with Crippen LogP contribution in [0.2, 0.25) is 0 Å². The van der Waals surface area contributed by atoms with E-state index in [4.69, 9.17) is 4.98 Å². The van der Waals surface area contributed by atoms with E-state index in [0.29, 0.717) is 0 Å². The summed E-state index contributed by atoms with van der Waals surface area (Å²) in [4.78, 5) is 9.90. The minimum atomic E-state index is 0.755. The number of aryl methyl sites for hydroxylation is 1. The molecule has 1 N–H and O–H groups in total. The first-order valence-corrected chi connectivity index (χ1v) is 7.90. The molecule has 2 aliphatic rings. The van der Waals surface area contributed by atoms with Crippen molar-refractivity contribution >= 4 is 5.65 Å². The van der Waals surface area contributed by atoms with E-state index in [1.165, 1.54) is 37.4 Å². The Bertz CT molecular complexity index is 623. The van der Waals surface area contributed by atoms with Gasteiger partial charge in [0.1, 0.15) is 5.65 Å². The summed E-state index contributed by atoms with van der Waals surface area (Å²) in [5.41, 5.74) is 3.51. The summed E-state index contributed by atoms with van der Waals surface area (Å²) in [6.45, 7) is 10.2. The van der Waals surface area contributed by atoms with Crippen molar-refractivity contribution in [3.05, 3.63) is 35.8 Å². The van der Waals surface area contributed by atoms with Crippen molar-refractivity contribution in [2.75, 3.05) is 39.3 Å². The minimum Gasteiger partial charge on any atom is -0.314 e. The third-order valence-corrected chi connectivity index (χ3v) is 4.72. The van der Waals surface area contributed by atoms with E-state index < -0.39 is 0 Å². The third-order valence-electron chi connectivity index (χ3n) is 4.72. The fourth-order valence-electron chi connectivity index (χ4n) is 3.46. The van der Waals surface area contributed by atoms with Crippen LogP contribution < -0.4 is 5.32 Å². The summed E-state index contributed by atoms with van der Waals surface area (Å²) >= 11 is 0. The van der Waals surface area contributed by atoms with Crippen molar-refractivity contribution < 1.29 is 0 Å². The summed E-state index contributed by atoms with van der Waals surface area (Å²) < 4.78 is 2.14. The predicted octanol–water partition coefficient (Wildman–Crippen LogP) is 0.732. The van der Waals surface area contributed by atoms with Gasteiger partial charge in [-0.1, -0.05) is 6.07 Å². The highest BCUT2D eigenvalue weighted by Gasteiger charge is 2.32. The largest absolute Gasteiger partial charge is 0.314 e. The van der Waals surface area contributed by atoms with E-state index in [1.807, 2.05) is 0 Å². The molecular weight excluding hydrogens is 262 g/mol. The maximum absolute atomic E-state index is 4.77. The summed E-state index contributed by atoms with van der Waals surface area (Å²) in [7, 11) is 0. The lowest BCUT2D eigenvalue weighted by molar-refractivity contribution is 0.0217. The number of nitrogens with zero attached hydrogens (tertiary/aromatic N) is 4. The molecule has 0 atom stereocenters. The van der Waals surface area contributed by atoms with Gasteiger partial charge in [0.2, 0.25) is 0 Å². The second kappa shape index (κ2) is 5.40. The van der Waals surface area contributed by atoms with Crippen LogP contribution in [0, 0.1) is 6.92 Å². The summed E-state index contributed by atoms with van der Waals surface area (Å²) in [5.74, 6) is 0. The lowest BCUT2D eigenvalue weighted by Crippen LogP contribution is -2.62. The predicted molar refractivity (Wildman–Crippen MR) is 83.4 cm³/mol. The minimum absolute atomic E-state index is 0.755. The van der Waals surface area contributed by atoms with Crippen LogP contribution in [0.25, 0.3) is 5.65 Å². The Kier molecular flexibility index (Phi) is 3.41. The maximum atomic E-state index is 4.77. The number of hydrogen-bond acceptors (Lipinski definition) is 4. The van der Waals surface area contributed by atoms with Crippen LogP contribution in [0.5, 0.6) is 0 Å². The Labute approximate surface area is 125 Å². The molecule has 2 fully saturated rings. The van der Waals surface area contributed by atoms with Gasteiger partial charge in [0.05, 0.1) is 5.69 Å². The second-order valence-corrected chi connectivity index (χ2v) is 6.29. The van der Waals surface area contributed by atoms with Crippen molar-refractivity contribution in [1.29, 1.82) is 0 Å². The molecule has 112 valence electrons. The average Bonchev–Trinajstić information content (AvgIpc) is 2.88. The molecule has 2 aliphatic heterocycles. The van der Waals surface area contributed by atoms with Crippen molar-refractivity contribution in [2.24, 2.45) is 0 Å². The Morgan fingerprint density at radius 2 is 2.10 bits per heavy atom. The quantitative estimate of drug-likeness (QED) is 0.902. The number of likely N-dealkylation sites (tertiary alicyclic amines) is 1. The van der Waals surface area contributed by atoms with Crippen LogP contribution in [0.15, 0.2) is 24.5 Å². The van der Waals surface area contributed by atoms with Gasteiger partial charge in [0, 0.05) is 64.2 Å². The van der Waals surface area contributed by atoms with E-state index in [9.17, 15) is 0 Å². The first-order valence-electron chi connectivity index (χ1n) is 7.90. The van der Waals surface area contributed by atoms with Crippen LogP contribution in [0.3, 0.4) is 0 Å². The van der Waals surface area contributed by atoms with Gasteiger partial charge < -0.3 is 9.72 Å². The van der Waals surface area contributed by atoms with E-state index >= 15 is 0 Å². The summed E-state index contributed by atoms with van der Waals surface area (Å²) in [6.07, 6.45) is 4.25. The number of fused-ring (bicyclic) bond motifs is 1. The summed E-state index contributed by atoms with van der Waals surface area (Å²) in [6, 6.07) is 4.96. The van der Waals surface area contributed by atoms with Gasteiger partial charge in [0.25, 0.3) is 0 Å². The molecular formula is C16H23N5. The van der Waals surface area contributed by atoms with Gasteiger partial charge in [-0.3, -0.25) is 9.80 Å². The first kappa shape index (κ1) is 13.2. The molecule has 2 saturated heterocycles. The normalized spacial score (nSPS) is 21.8. The molecule has 2 aromatic rings. The molecule has 2 aromatic heterocycles.